The molecule has 2 aromatic carbocycles. The molecule has 4 nitrogen and oxygen atoms in total. The van der Waals surface area contributed by atoms with Gasteiger partial charge in [-0.15, -0.1) is 0 Å². The predicted molar refractivity (Wildman–Crippen MR) is 153 cm³/mol. The second kappa shape index (κ2) is 9.53. The van der Waals surface area contributed by atoms with E-state index in [4.69, 9.17) is 0 Å². The minimum Gasteiger partial charge on any atom is -0.507 e. The smallest absolute Gasteiger partial charge is 0.204 e. The lowest BCUT2D eigenvalue weighted by Gasteiger charge is -2.27. The molecule has 0 aliphatic carbocycles. The fourth-order valence-electron chi connectivity index (χ4n) is 4.58. The van der Waals surface area contributed by atoms with Crippen LogP contribution in [0.5, 0.6) is 11.5 Å². The molecule has 0 aliphatic heterocycles. The number of nitrogens with zero attached hydrogens (tertiary/aromatic N) is 2. The van der Waals surface area contributed by atoms with Crippen LogP contribution in [0.2, 0.25) is 0 Å². The molecule has 0 saturated heterocycles. The highest BCUT2D eigenvalue weighted by atomic mass is 16.3. The molecule has 0 unspecified atom stereocenters. The number of imidazole rings is 1. The fourth-order valence-corrected chi connectivity index (χ4v) is 4.58. The molecule has 1 aromatic heterocycles. The predicted octanol–water partition coefficient (Wildman–Crippen LogP) is 7.27. The third-order valence-electron chi connectivity index (χ3n) is 7.09. The van der Waals surface area contributed by atoms with Crippen molar-refractivity contribution in [2.45, 2.75) is 118 Å². The molecule has 4 heteroatoms. The van der Waals surface area contributed by atoms with Gasteiger partial charge in [-0.1, -0.05) is 95.2 Å². The molecule has 202 valence electrons. The van der Waals surface area contributed by atoms with Crippen LogP contribution in [-0.2, 0) is 34.7 Å². The van der Waals surface area contributed by atoms with Crippen molar-refractivity contribution in [3.8, 4) is 11.5 Å². The van der Waals surface area contributed by atoms with Gasteiger partial charge in [0.1, 0.15) is 11.5 Å². The van der Waals surface area contributed by atoms with Crippen LogP contribution >= 0.6 is 0 Å². The minimum atomic E-state index is -0.166. The van der Waals surface area contributed by atoms with Crippen molar-refractivity contribution in [1.82, 2.24) is 4.57 Å². The molecule has 3 rings (SSSR count). The maximum atomic E-state index is 11.2. The summed E-state index contributed by atoms with van der Waals surface area (Å²) < 4.78 is 3.95. The van der Waals surface area contributed by atoms with Crippen LogP contribution in [0.15, 0.2) is 36.7 Å². The highest BCUT2D eigenvalue weighted by Gasteiger charge is 2.27. The molecular weight excluding hydrogens is 456 g/mol. The Morgan fingerprint density at radius 1 is 0.649 bits per heavy atom. The van der Waals surface area contributed by atoms with Crippen LogP contribution in [0, 0.1) is 6.33 Å². The lowest BCUT2D eigenvalue weighted by molar-refractivity contribution is -0.692. The molecule has 3 aromatic rings. The van der Waals surface area contributed by atoms with E-state index in [1.165, 1.54) is 11.1 Å². The lowest BCUT2D eigenvalue weighted by Crippen LogP contribution is -2.33. The lowest BCUT2D eigenvalue weighted by atomic mass is 9.79. The first-order chi connectivity index (χ1) is 16.7. The molecule has 0 saturated carbocycles. The van der Waals surface area contributed by atoms with E-state index in [2.05, 4.69) is 114 Å². The molecule has 0 aliphatic rings. The van der Waals surface area contributed by atoms with E-state index >= 15 is 0 Å². The van der Waals surface area contributed by atoms with Gasteiger partial charge in [-0.25, -0.2) is 0 Å². The third kappa shape index (κ3) is 6.58. The van der Waals surface area contributed by atoms with Gasteiger partial charge < -0.3 is 19.3 Å². The molecule has 0 bridgehead atoms. The quantitative estimate of drug-likeness (QED) is 0.290. The number of aromatic hydroxyl groups is 2. The number of rotatable bonds is 4. The average Bonchev–Trinajstić information content (AvgIpc) is 3.14. The van der Waals surface area contributed by atoms with Gasteiger partial charge in [0, 0.05) is 11.1 Å². The maximum Gasteiger partial charge on any atom is 0.204 e. The summed E-state index contributed by atoms with van der Waals surface area (Å²) in [5, 5.41) is 22.4. The van der Waals surface area contributed by atoms with E-state index in [-0.39, 0.29) is 21.7 Å². The summed E-state index contributed by atoms with van der Waals surface area (Å²) in [6, 6.07) is 8.54. The number of aromatic nitrogens is 2. The molecule has 1 heterocycles. The Balaban J connectivity index is 1.99. The highest BCUT2D eigenvalue weighted by Crippen LogP contribution is 2.39. The molecule has 2 N–H and O–H groups in total. The van der Waals surface area contributed by atoms with Gasteiger partial charge in [-0.2, -0.15) is 0 Å². The standard InChI is InChI=1S/C33H48N2O2/c1-30(2,3)24-15-22(28(36)26(17-24)32(7,8)9)19-34-13-14-35(21-34)20-23-16-25(31(4,5)6)18-27(29(23)37)33(10,11)12/h13-18,36-37H,19-20H2,1-12H3. The Kier molecular flexibility index (Phi) is 7.42. The van der Waals surface area contributed by atoms with Crippen molar-refractivity contribution >= 4 is 0 Å². The largest absolute Gasteiger partial charge is 0.507 e. The highest BCUT2D eigenvalue weighted by molar-refractivity contribution is 5.49. The van der Waals surface area contributed by atoms with Gasteiger partial charge in [0.05, 0.1) is 13.1 Å². The van der Waals surface area contributed by atoms with Crippen molar-refractivity contribution in [2.24, 2.45) is 0 Å². The Morgan fingerprint density at radius 2 is 1.08 bits per heavy atom. The molecule has 0 spiro atoms. The van der Waals surface area contributed by atoms with E-state index in [0.29, 0.717) is 24.6 Å². The van der Waals surface area contributed by atoms with Crippen molar-refractivity contribution in [3.05, 3.63) is 76.4 Å². The van der Waals surface area contributed by atoms with Gasteiger partial charge in [0.25, 0.3) is 0 Å². The van der Waals surface area contributed by atoms with Crippen LogP contribution in [-0.4, -0.2) is 14.8 Å². The van der Waals surface area contributed by atoms with Crippen LogP contribution in [0.25, 0.3) is 0 Å². The van der Waals surface area contributed by atoms with Crippen LogP contribution in [0.4, 0.5) is 0 Å². The molecule has 0 amide bonds. The van der Waals surface area contributed by atoms with Crippen molar-refractivity contribution < 1.29 is 14.8 Å². The summed E-state index contributed by atoms with van der Waals surface area (Å²) in [5.74, 6) is 0.721. The second-order valence-electron chi connectivity index (χ2n) is 14.7. The summed E-state index contributed by atoms with van der Waals surface area (Å²) in [5.41, 5.74) is 5.76. The van der Waals surface area contributed by atoms with Gasteiger partial charge in [0.15, 0.2) is 0 Å². The third-order valence-corrected chi connectivity index (χ3v) is 7.09. The number of hydrogen-bond donors (Lipinski definition) is 2. The van der Waals surface area contributed by atoms with E-state index < -0.39 is 0 Å². The average molecular weight is 505 g/mol. The minimum absolute atomic E-state index is 0.0247. The summed E-state index contributed by atoms with van der Waals surface area (Å²) in [6.45, 7) is 27.1. The van der Waals surface area contributed by atoms with Gasteiger partial charge >= 0.3 is 0 Å². The first-order valence-electron chi connectivity index (χ1n) is 13.4. The Labute approximate surface area is 225 Å². The number of hydrogen-bond acceptors (Lipinski definition) is 2. The molecule has 0 radical (unpaired) electrons. The monoisotopic (exact) mass is 504 g/mol. The maximum absolute atomic E-state index is 11.2. The fraction of sp³-hybridized carbons (Fsp3) is 0.545. The van der Waals surface area contributed by atoms with E-state index in [1.807, 2.05) is 21.5 Å². The van der Waals surface area contributed by atoms with Gasteiger partial charge in [-0.05, 0) is 68.4 Å². The summed E-state index contributed by atoms with van der Waals surface area (Å²) in [4.78, 5) is 0. The Hall–Kier alpha value is -2.75. The van der Waals surface area contributed by atoms with Crippen LogP contribution in [0.3, 0.4) is 0 Å². The Bertz CT molecular complexity index is 1170. The topological polar surface area (TPSA) is 49.3 Å². The first kappa shape index (κ1) is 28.8. The first-order valence-corrected chi connectivity index (χ1v) is 13.4. The zero-order chi connectivity index (χ0) is 28.1. The normalized spacial score (nSPS) is 13.3. The van der Waals surface area contributed by atoms with Gasteiger partial charge in [-0.3, -0.25) is 0 Å². The number of benzene rings is 2. The van der Waals surface area contributed by atoms with E-state index in [0.717, 1.165) is 22.3 Å². The zero-order valence-electron chi connectivity index (χ0n) is 25.2. The van der Waals surface area contributed by atoms with Crippen molar-refractivity contribution in [1.29, 1.82) is 0 Å². The number of phenolic OH excluding ortho intramolecular Hbond substituents is 2. The van der Waals surface area contributed by atoms with Gasteiger partial charge in [0.2, 0.25) is 6.33 Å². The van der Waals surface area contributed by atoms with Crippen LogP contribution < -0.4 is 4.57 Å². The molecule has 0 fully saturated rings. The van der Waals surface area contributed by atoms with Crippen molar-refractivity contribution in [3.63, 3.8) is 0 Å². The van der Waals surface area contributed by atoms with E-state index in [9.17, 15) is 10.2 Å². The SMILES string of the molecule is CC(C)(C)c1cc(Cn2[c-][n+](Cc3cc(C(C)(C)C)cc(C(C)(C)C)c3O)cc2)c(O)c(C(C)(C)C)c1. The molecule has 37 heavy (non-hydrogen) atoms. The number of phenols is 2. The van der Waals surface area contributed by atoms with E-state index in [1.54, 1.807) is 0 Å². The summed E-state index contributed by atoms with van der Waals surface area (Å²) in [6.07, 6.45) is 7.37. The van der Waals surface area contributed by atoms with Crippen molar-refractivity contribution in [2.75, 3.05) is 0 Å². The van der Waals surface area contributed by atoms with Crippen LogP contribution in [0.1, 0.15) is 116 Å². The summed E-state index contributed by atoms with van der Waals surface area (Å²) >= 11 is 0. The molecule has 0 atom stereocenters. The second-order valence-corrected chi connectivity index (χ2v) is 14.7. The Morgan fingerprint density at radius 3 is 1.51 bits per heavy atom. The summed E-state index contributed by atoms with van der Waals surface area (Å²) in [7, 11) is 0. The molecular formula is C33H48N2O2. The zero-order valence-corrected chi connectivity index (χ0v) is 25.2.